The molecule has 0 bridgehead atoms. The van der Waals surface area contributed by atoms with Crippen LogP contribution in [0.25, 0.3) is 0 Å². The summed E-state index contributed by atoms with van der Waals surface area (Å²) in [6.07, 6.45) is 3.31. The molecule has 1 unspecified atom stereocenters. The Labute approximate surface area is 105 Å². The highest BCUT2D eigenvalue weighted by molar-refractivity contribution is 5.20. The standard InChI is InChI=1S/C12H16FN5/c1-8-5-9(18(2)17-8)6-12(16-14)10-3-4-15-7-11(10)13/h3-5,7,12,16H,6,14H2,1-2H3. The fourth-order valence-electron chi connectivity index (χ4n) is 1.99. The van der Waals surface area contributed by atoms with Crippen molar-refractivity contribution >= 4 is 0 Å². The third-order valence-corrected chi connectivity index (χ3v) is 2.89. The molecular formula is C12H16FN5. The van der Waals surface area contributed by atoms with Crippen LogP contribution in [0.15, 0.2) is 24.5 Å². The Morgan fingerprint density at radius 1 is 1.56 bits per heavy atom. The van der Waals surface area contributed by atoms with Crippen molar-refractivity contribution in [3.63, 3.8) is 0 Å². The Morgan fingerprint density at radius 2 is 2.33 bits per heavy atom. The molecule has 0 radical (unpaired) electrons. The van der Waals surface area contributed by atoms with E-state index >= 15 is 0 Å². The van der Waals surface area contributed by atoms with E-state index in [1.807, 2.05) is 20.0 Å². The van der Waals surface area contributed by atoms with Crippen LogP contribution in [-0.4, -0.2) is 14.8 Å². The smallest absolute Gasteiger partial charge is 0.146 e. The minimum atomic E-state index is -0.362. The number of nitrogens with one attached hydrogen (secondary N) is 1. The molecule has 0 aliphatic rings. The van der Waals surface area contributed by atoms with Gasteiger partial charge in [-0.25, -0.2) is 4.39 Å². The molecule has 2 aromatic heterocycles. The van der Waals surface area contributed by atoms with Crippen molar-refractivity contribution in [2.24, 2.45) is 12.9 Å². The van der Waals surface area contributed by atoms with E-state index in [2.05, 4.69) is 15.5 Å². The second-order valence-corrected chi connectivity index (χ2v) is 4.22. The first-order valence-corrected chi connectivity index (χ1v) is 5.67. The molecule has 0 aliphatic carbocycles. The van der Waals surface area contributed by atoms with Crippen molar-refractivity contribution in [3.05, 3.63) is 47.3 Å². The van der Waals surface area contributed by atoms with Crippen LogP contribution >= 0.6 is 0 Å². The highest BCUT2D eigenvalue weighted by atomic mass is 19.1. The van der Waals surface area contributed by atoms with Crippen molar-refractivity contribution in [2.75, 3.05) is 0 Å². The predicted octanol–water partition coefficient (Wildman–Crippen LogP) is 1.01. The van der Waals surface area contributed by atoms with Gasteiger partial charge in [-0.15, -0.1) is 0 Å². The number of aryl methyl sites for hydroxylation is 2. The Kier molecular flexibility index (Phi) is 3.69. The quantitative estimate of drug-likeness (QED) is 0.627. The minimum Gasteiger partial charge on any atom is -0.272 e. The maximum absolute atomic E-state index is 13.7. The molecule has 18 heavy (non-hydrogen) atoms. The van der Waals surface area contributed by atoms with Crippen molar-refractivity contribution in [2.45, 2.75) is 19.4 Å². The lowest BCUT2D eigenvalue weighted by molar-refractivity contribution is 0.495. The number of hydrogen-bond acceptors (Lipinski definition) is 4. The van der Waals surface area contributed by atoms with Crippen LogP contribution in [0.3, 0.4) is 0 Å². The van der Waals surface area contributed by atoms with Crippen molar-refractivity contribution in [1.29, 1.82) is 0 Å². The molecule has 0 amide bonds. The molecule has 0 aliphatic heterocycles. The van der Waals surface area contributed by atoms with E-state index in [-0.39, 0.29) is 11.9 Å². The summed E-state index contributed by atoms with van der Waals surface area (Å²) in [5.41, 5.74) is 5.06. The lowest BCUT2D eigenvalue weighted by Gasteiger charge is -2.16. The van der Waals surface area contributed by atoms with E-state index < -0.39 is 0 Å². The number of nitrogens with two attached hydrogens (primary N) is 1. The van der Waals surface area contributed by atoms with Gasteiger partial charge in [-0.05, 0) is 19.1 Å². The van der Waals surface area contributed by atoms with Crippen LogP contribution in [-0.2, 0) is 13.5 Å². The summed E-state index contributed by atoms with van der Waals surface area (Å²) in [5, 5.41) is 4.26. The van der Waals surface area contributed by atoms with E-state index in [1.165, 1.54) is 6.20 Å². The summed E-state index contributed by atoms with van der Waals surface area (Å²) in [6, 6.07) is 3.29. The molecule has 96 valence electrons. The van der Waals surface area contributed by atoms with Crippen LogP contribution in [0, 0.1) is 12.7 Å². The Hall–Kier alpha value is -1.79. The number of halogens is 1. The third-order valence-electron chi connectivity index (χ3n) is 2.89. The van der Waals surface area contributed by atoms with Gasteiger partial charge >= 0.3 is 0 Å². The van der Waals surface area contributed by atoms with Crippen LogP contribution in [0.5, 0.6) is 0 Å². The van der Waals surface area contributed by atoms with E-state index in [0.717, 1.165) is 11.4 Å². The van der Waals surface area contributed by atoms with Gasteiger partial charge in [0.2, 0.25) is 0 Å². The zero-order valence-corrected chi connectivity index (χ0v) is 10.4. The zero-order chi connectivity index (χ0) is 13.1. The van der Waals surface area contributed by atoms with Gasteiger partial charge in [0.05, 0.1) is 17.9 Å². The summed E-state index contributed by atoms with van der Waals surface area (Å²) in [5.74, 6) is 5.15. The molecule has 0 saturated heterocycles. The molecule has 2 heterocycles. The molecule has 0 fully saturated rings. The SMILES string of the molecule is Cc1cc(CC(NN)c2ccncc2F)n(C)n1. The average molecular weight is 249 g/mol. The van der Waals surface area contributed by atoms with Crippen molar-refractivity contribution in [1.82, 2.24) is 20.2 Å². The molecular weight excluding hydrogens is 233 g/mol. The van der Waals surface area contributed by atoms with Gasteiger partial charge in [0, 0.05) is 30.9 Å². The van der Waals surface area contributed by atoms with Gasteiger partial charge in [-0.3, -0.25) is 20.9 Å². The highest BCUT2D eigenvalue weighted by Crippen LogP contribution is 2.20. The Morgan fingerprint density at radius 3 is 2.89 bits per heavy atom. The van der Waals surface area contributed by atoms with Gasteiger partial charge in [0.1, 0.15) is 5.82 Å². The second-order valence-electron chi connectivity index (χ2n) is 4.22. The van der Waals surface area contributed by atoms with Crippen molar-refractivity contribution < 1.29 is 4.39 Å². The van der Waals surface area contributed by atoms with E-state index in [9.17, 15) is 4.39 Å². The first-order valence-electron chi connectivity index (χ1n) is 5.67. The molecule has 5 nitrogen and oxygen atoms in total. The molecule has 6 heteroatoms. The maximum atomic E-state index is 13.7. The number of pyridine rings is 1. The normalized spacial score (nSPS) is 12.7. The molecule has 2 rings (SSSR count). The Balaban J connectivity index is 2.25. The summed E-state index contributed by atoms with van der Waals surface area (Å²) < 4.78 is 15.4. The fraction of sp³-hybridized carbons (Fsp3) is 0.333. The molecule has 0 aromatic carbocycles. The lowest BCUT2D eigenvalue weighted by Crippen LogP contribution is -2.30. The zero-order valence-electron chi connectivity index (χ0n) is 10.4. The molecule has 1 atom stereocenters. The third kappa shape index (κ3) is 2.55. The Bertz CT molecular complexity index is 537. The maximum Gasteiger partial charge on any atom is 0.146 e. The van der Waals surface area contributed by atoms with E-state index in [1.54, 1.807) is 16.9 Å². The first-order chi connectivity index (χ1) is 8.61. The number of hydrazine groups is 1. The number of nitrogens with zero attached hydrogens (tertiary/aromatic N) is 3. The predicted molar refractivity (Wildman–Crippen MR) is 65.9 cm³/mol. The fourth-order valence-corrected chi connectivity index (χ4v) is 1.99. The van der Waals surface area contributed by atoms with Crippen LogP contribution in [0.4, 0.5) is 4.39 Å². The summed E-state index contributed by atoms with van der Waals surface area (Å²) in [7, 11) is 1.86. The summed E-state index contributed by atoms with van der Waals surface area (Å²) in [4.78, 5) is 3.73. The monoisotopic (exact) mass is 249 g/mol. The second kappa shape index (κ2) is 5.24. The molecule has 3 N–H and O–H groups in total. The summed E-state index contributed by atoms with van der Waals surface area (Å²) >= 11 is 0. The number of rotatable bonds is 4. The first kappa shape index (κ1) is 12.7. The van der Waals surface area contributed by atoms with E-state index in [4.69, 9.17) is 5.84 Å². The van der Waals surface area contributed by atoms with Gasteiger partial charge in [-0.2, -0.15) is 5.10 Å². The molecule has 0 saturated carbocycles. The molecule has 2 aromatic rings. The summed E-state index contributed by atoms with van der Waals surface area (Å²) in [6.45, 7) is 1.92. The van der Waals surface area contributed by atoms with Gasteiger partial charge in [0.25, 0.3) is 0 Å². The largest absolute Gasteiger partial charge is 0.272 e. The minimum absolute atomic E-state index is 0.303. The topological polar surface area (TPSA) is 68.8 Å². The van der Waals surface area contributed by atoms with Gasteiger partial charge in [0.15, 0.2) is 0 Å². The average Bonchev–Trinajstić information content (AvgIpc) is 2.66. The highest BCUT2D eigenvalue weighted by Gasteiger charge is 2.16. The lowest BCUT2D eigenvalue weighted by atomic mass is 10.0. The van der Waals surface area contributed by atoms with Gasteiger partial charge < -0.3 is 0 Å². The number of aromatic nitrogens is 3. The van der Waals surface area contributed by atoms with Crippen LogP contribution in [0.2, 0.25) is 0 Å². The van der Waals surface area contributed by atoms with Crippen LogP contribution in [0.1, 0.15) is 23.0 Å². The van der Waals surface area contributed by atoms with Gasteiger partial charge in [-0.1, -0.05) is 0 Å². The molecule has 0 spiro atoms. The van der Waals surface area contributed by atoms with Crippen LogP contribution < -0.4 is 11.3 Å². The van der Waals surface area contributed by atoms with E-state index in [0.29, 0.717) is 12.0 Å². The number of hydrogen-bond donors (Lipinski definition) is 2. The van der Waals surface area contributed by atoms with Crippen molar-refractivity contribution in [3.8, 4) is 0 Å².